The number of rotatable bonds is 2. The standard InChI is InChI=1S/C12H13F2N/c1-3-12(13,14)10-8-15(2)11-7-5-4-6-9(10)11/h4-8H,3H2,1-2H3. The van der Waals surface area contributed by atoms with Gasteiger partial charge in [-0.2, -0.15) is 0 Å². The fourth-order valence-corrected chi connectivity index (χ4v) is 1.82. The van der Waals surface area contributed by atoms with Crippen LogP contribution in [0.25, 0.3) is 10.9 Å². The monoisotopic (exact) mass is 209 g/mol. The van der Waals surface area contributed by atoms with E-state index in [0.29, 0.717) is 5.39 Å². The third-order valence-electron chi connectivity index (χ3n) is 2.74. The van der Waals surface area contributed by atoms with Gasteiger partial charge in [0.15, 0.2) is 0 Å². The van der Waals surface area contributed by atoms with Crippen LogP contribution >= 0.6 is 0 Å². The molecule has 0 fully saturated rings. The Morgan fingerprint density at radius 1 is 1.27 bits per heavy atom. The summed E-state index contributed by atoms with van der Waals surface area (Å²) in [5.74, 6) is -2.74. The average Bonchev–Trinajstić information content (AvgIpc) is 2.58. The molecule has 1 nitrogen and oxygen atoms in total. The number of para-hydroxylation sites is 1. The van der Waals surface area contributed by atoms with Crippen LogP contribution in [0.5, 0.6) is 0 Å². The second-order valence-corrected chi connectivity index (χ2v) is 3.73. The molecule has 0 atom stereocenters. The Hall–Kier alpha value is -1.38. The molecule has 2 aromatic rings. The van der Waals surface area contributed by atoms with Crippen LogP contribution in [0.2, 0.25) is 0 Å². The van der Waals surface area contributed by atoms with Gasteiger partial charge in [-0.15, -0.1) is 0 Å². The van der Waals surface area contributed by atoms with Crippen LogP contribution in [-0.4, -0.2) is 4.57 Å². The molecule has 15 heavy (non-hydrogen) atoms. The summed E-state index contributed by atoms with van der Waals surface area (Å²) in [5.41, 5.74) is 0.976. The number of aryl methyl sites for hydroxylation is 1. The molecule has 0 N–H and O–H groups in total. The summed E-state index contributed by atoms with van der Waals surface area (Å²) in [6.45, 7) is 1.50. The number of hydrogen-bond donors (Lipinski definition) is 0. The van der Waals surface area contributed by atoms with Gasteiger partial charge >= 0.3 is 0 Å². The van der Waals surface area contributed by atoms with Gasteiger partial charge < -0.3 is 4.57 Å². The Morgan fingerprint density at radius 3 is 2.60 bits per heavy atom. The number of alkyl halides is 2. The molecule has 0 saturated carbocycles. The number of nitrogens with zero attached hydrogens (tertiary/aromatic N) is 1. The number of halogens is 2. The van der Waals surface area contributed by atoms with Crippen LogP contribution in [0.15, 0.2) is 30.5 Å². The van der Waals surface area contributed by atoms with Crippen molar-refractivity contribution in [2.75, 3.05) is 0 Å². The van der Waals surface area contributed by atoms with E-state index < -0.39 is 5.92 Å². The van der Waals surface area contributed by atoms with Gasteiger partial charge in [0.05, 0.1) is 0 Å². The average molecular weight is 209 g/mol. The first-order chi connectivity index (χ1) is 7.06. The highest BCUT2D eigenvalue weighted by Gasteiger charge is 2.32. The minimum absolute atomic E-state index is 0.128. The molecule has 2 rings (SSSR count). The lowest BCUT2D eigenvalue weighted by Gasteiger charge is -2.12. The van der Waals surface area contributed by atoms with Crippen molar-refractivity contribution in [1.82, 2.24) is 4.57 Å². The summed E-state index contributed by atoms with van der Waals surface area (Å²) in [5, 5.41) is 0.645. The van der Waals surface area contributed by atoms with Crippen molar-refractivity contribution in [3.8, 4) is 0 Å². The van der Waals surface area contributed by atoms with Gasteiger partial charge in [0.1, 0.15) is 0 Å². The van der Waals surface area contributed by atoms with Crippen molar-refractivity contribution in [2.45, 2.75) is 19.3 Å². The van der Waals surface area contributed by atoms with Gasteiger partial charge in [-0.25, -0.2) is 8.78 Å². The van der Waals surface area contributed by atoms with Crippen molar-refractivity contribution in [3.63, 3.8) is 0 Å². The maximum absolute atomic E-state index is 13.6. The van der Waals surface area contributed by atoms with E-state index in [-0.39, 0.29) is 12.0 Å². The van der Waals surface area contributed by atoms with E-state index in [1.54, 1.807) is 23.7 Å². The number of benzene rings is 1. The Bertz CT molecular complexity index is 485. The van der Waals surface area contributed by atoms with Crippen molar-refractivity contribution in [3.05, 3.63) is 36.0 Å². The largest absolute Gasteiger partial charge is 0.350 e. The van der Waals surface area contributed by atoms with Crippen LogP contribution in [0, 0.1) is 0 Å². The second kappa shape index (κ2) is 3.33. The van der Waals surface area contributed by atoms with Gasteiger partial charge in [-0.3, -0.25) is 0 Å². The molecular weight excluding hydrogens is 196 g/mol. The van der Waals surface area contributed by atoms with Gasteiger partial charge in [0, 0.05) is 36.1 Å². The van der Waals surface area contributed by atoms with Crippen molar-refractivity contribution >= 4 is 10.9 Å². The van der Waals surface area contributed by atoms with E-state index in [1.807, 2.05) is 12.1 Å². The van der Waals surface area contributed by atoms with Crippen molar-refractivity contribution in [1.29, 1.82) is 0 Å². The predicted molar refractivity (Wildman–Crippen MR) is 57.1 cm³/mol. The lowest BCUT2D eigenvalue weighted by molar-refractivity contribution is -0.00686. The van der Waals surface area contributed by atoms with E-state index in [4.69, 9.17) is 0 Å². The molecule has 0 radical (unpaired) electrons. The zero-order valence-electron chi connectivity index (χ0n) is 8.80. The Kier molecular flexibility index (Phi) is 2.25. The quantitative estimate of drug-likeness (QED) is 0.711. The normalized spacial score (nSPS) is 12.3. The maximum Gasteiger partial charge on any atom is 0.275 e. The van der Waals surface area contributed by atoms with Gasteiger partial charge in [-0.05, 0) is 6.07 Å². The van der Waals surface area contributed by atoms with Crippen LogP contribution in [0.1, 0.15) is 18.9 Å². The first kappa shape index (κ1) is 10.1. The molecule has 1 heterocycles. The van der Waals surface area contributed by atoms with Crippen LogP contribution in [0.4, 0.5) is 8.78 Å². The highest BCUT2D eigenvalue weighted by atomic mass is 19.3. The SMILES string of the molecule is CCC(F)(F)c1cn(C)c2ccccc12. The predicted octanol–water partition coefficient (Wildman–Crippen LogP) is 3.68. The summed E-state index contributed by atoms with van der Waals surface area (Å²) in [6, 6.07) is 7.24. The highest BCUT2D eigenvalue weighted by Crippen LogP contribution is 2.36. The highest BCUT2D eigenvalue weighted by molar-refractivity contribution is 5.84. The van der Waals surface area contributed by atoms with Crippen LogP contribution < -0.4 is 0 Å². The third kappa shape index (κ3) is 1.52. The van der Waals surface area contributed by atoms with Crippen molar-refractivity contribution in [2.24, 2.45) is 7.05 Å². The molecule has 80 valence electrons. The van der Waals surface area contributed by atoms with E-state index >= 15 is 0 Å². The lowest BCUT2D eigenvalue weighted by Crippen LogP contribution is -2.10. The van der Waals surface area contributed by atoms with Crippen molar-refractivity contribution < 1.29 is 8.78 Å². The Balaban J connectivity index is 2.72. The van der Waals surface area contributed by atoms with Gasteiger partial charge in [-0.1, -0.05) is 25.1 Å². The van der Waals surface area contributed by atoms with E-state index in [1.165, 1.54) is 13.1 Å². The molecule has 0 aliphatic rings. The zero-order valence-corrected chi connectivity index (χ0v) is 8.80. The summed E-state index contributed by atoms with van der Waals surface area (Å²) in [7, 11) is 1.79. The molecule has 1 aromatic carbocycles. The summed E-state index contributed by atoms with van der Waals surface area (Å²) < 4.78 is 29.0. The molecule has 0 bridgehead atoms. The fourth-order valence-electron chi connectivity index (χ4n) is 1.82. The number of hydrogen-bond acceptors (Lipinski definition) is 0. The van der Waals surface area contributed by atoms with E-state index in [0.717, 1.165) is 5.52 Å². The molecule has 0 aliphatic heterocycles. The first-order valence-corrected chi connectivity index (χ1v) is 4.98. The minimum Gasteiger partial charge on any atom is -0.350 e. The summed E-state index contributed by atoms with van der Waals surface area (Å²) in [4.78, 5) is 0. The molecule has 3 heteroatoms. The molecular formula is C12H13F2N. The van der Waals surface area contributed by atoms with Crippen LogP contribution in [0.3, 0.4) is 0 Å². The summed E-state index contributed by atoms with van der Waals surface area (Å²) in [6.07, 6.45) is 1.36. The van der Waals surface area contributed by atoms with Crippen LogP contribution in [-0.2, 0) is 13.0 Å². The molecule has 0 aliphatic carbocycles. The topological polar surface area (TPSA) is 4.93 Å². The van der Waals surface area contributed by atoms with Gasteiger partial charge in [0.25, 0.3) is 5.92 Å². The minimum atomic E-state index is -2.74. The Labute approximate surface area is 87.3 Å². The second-order valence-electron chi connectivity index (χ2n) is 3.73. The fraction of sp³-hybridized carbons (Fsp3) is 0.333. The maximum atomic E-state index is 13.6. The molecule has 0 amide bonds. The molecule has 0 unspecified atom stereocenters. The molecule has 0 saturated heterocycles. The Morgan fingerprint density at radius 2 is 1.93 bits per heavy atom. The van der Waals surface area contributed by atoms with E-state index in [9.17, 15) is 8.78 Å². The van der Waals surface area contributed by atoms with E-state index in [2.05, 4.69) is 0 Å². The van der Waals surface area contributed by atoms with Gasteiger partial charge in [0.2, 0.25) is 0 Å². The molecule has 0 spiro atoms. The smallest absolute Gasteiger partial charge is 0.275 e. The first-order valence-electron chi connectivity index (χ1n) is 4.98. The zero-order chi connectivity index (χ0) is 11.1. The number of fused-ring (bicyclic) bond motifs is 1. The summed E-state index contributed by atoms with van der Waals surface area (Å²) >= 11 is 0. The molecule has 1 aromatic heterocycles. The third-order valence-corrected chi connectivity index (χ3v) is 2.74. The lowest BCUT2D eigenvalue weighted by atomic mass is 10.1. The number of aromatic nitrogens is 1.